The van der Waals surface area contributed by atoms with Crippen LogP contribution in [0, 0.1) is 0 Å². The number of hydrogen-bond acceptors (Lipinski definition) is 24. The fraction of sp³-hybridized carbons (Fsp3) is 0. The van der Waals surface area contributed by atoms with Crippen molar-refractivity contribution in [3.63, 3.8) is 0 Å². The van der Waals surface area contributed by atoms with Crippen LogP contribution in [0.3, 0.4) is 0 Å². The maximum Gasteiger partial charge on any atom is 0.0495 e. The maximum atomic E-state index is 8.56. The van der Waals surface area contributed by atoms with Gasteiger partial charge in [-0.2, -0.15) is 0 Å². The first-order valence-corrected chi connectivity index (χ1v) is 12.4. The molecular weight excluding hydrogens is 706 g/mol. The summed E-state index contributed by atoms with van der Waals surface area (Å²) in [6, 6.07) is 0. The van der Waals surface area contributed by atoms with Crippen LogP contribution >= 0.6 is 0 Å². The average molecular weight is 714 g/mol. The molecule has 0 atom stereocenters. The first-order chi connectivity index (χ1) is 13.9. The normalized spacial score (nSPS) is 8.24. The third kappa shape index (κ3) is 3060000. The molecule has 0 heterocycles. The van der Waals surface area contributed by atoms with Crippen molar-refractivity contribution in [2.75, 3.05) is 0 Å². The third-order valence-electron chi connectivity index (χ3n) is 0. The van der Waals surface area contributed by atoms with Gasteiger partial charge in [-0.3, -0.25) is 0 Å². The van der Waals surface area contributed by atoms with Gasteiger partial charge in [0.25, 0.3) is 0 Å². The van der Waals surface area contributed by atoms with E-state index in [0.29, 0.717) is 0 Å². The van der Waals surface area contributed by atoms with Gasteiger partial charge in [0.15, 0.2) is 0 Å². The van der Waals surface area contributed by atoms with Crippen molar-refractivity contribution < 1.29 is 123 Å². The Morgan fingerprint density at radius 1 is 0.212 bits per heavy atom. The van der Waals surface area contributed by atoms with Crippen molar-refractivity contribution in [1.82, 2.24) is 0 Å². The van der Waals surface area contributed by atoms with E-state index in [0.717, 1.165) is 0 Å². The van der Waals surface area contributed by atoms with Crippen LogP contribution < -0.4 is 0 Å². The van der Waals surface area contributed by atoms with Crippen LogP contribution in [0.2, 0.25) is 0 Å². The van der Waals surface area contributed by atoms with Crippen LogP contribution in [-0.2, 0) is 175 Å². The number of rotatable bonds is 0. The minimum atomic E-state index is -2.86. The zero-order valence-corrected chi connectivity index (χ0v) is 23.6. The summed E-state index contributed by atoms with van der Waals surface area (Å²) in [6.45, 7) is 0. The predicted molar refractivity (Wildman–Crippen MR) is 90.9 cm³/mol. The van der Waals surface area contributed by atoms with Crippen molar-refractivity contribution in [3.8, 4) is 0 Å². The van der Waals surface area contributed by atoms with Crippen molar-refractivity contribution in [2.24, 2.45) is 0 Å². The monoisotopic (exact) mass is 712 g/mol. The van der Waals surface area contributed by atoms with E-state index in [-0.39, 0.29) is 19.5 Å². The van der Waals surface area contributed by atoms with Crippen molar-refractivity contribution in [1.29, 1.82) is 0 Å². The van der Waals surface area contributed by atoms with Gasteiger partial charge < -0.3 is 104 Å². The maximum absolute atomic E-state index is 8.56. The summed E-state index contributed by atoms with van der Waals surface area (Å²) in [5.74, 6) is 0. The molecule has 0 saturated heterocycles. The molecule has 0 amide bonds. The van der Waals surface area contributed by atoms with Crippen LogP contribution in [-0.4, -0.2) is 36.4 Å². The van der Waals surface area contributed by atoms with Gasteiger partial charge in [0.1, 0.15) is 0 Å². The first-order valence-electron chi connectivity index (χ1n) is 4.13. The van der Waals surface area contributed by atoms with Crippen LogP contribution in [0.4, 0.5) is 0 Å². The molecule has 0 spiro atoms. The minimum absolute atomic E-state index is 0. The summed E-state index contributed by atoms with van der Waals surface area (Å²) in [5.41, 5.74) is 0. The Hall–Kier alpha value is -0.0966. The van der Waals surface area contributed by atoms with Crippen molar-refractivity contribution in [3.05, 3.63) is 0 Å². The van der Waals surface area contributed by atoms with Crippen molar-refractivity contribution in [2.45, 2.75) is 0 Å². The molecule has 0 rings (SSSR count). The Morgan fingerprint density at radius 3 is 0.212 bits per heavy atom. The Bertz CT molecular complexity index is 660. The Kier molecular flexibility index (Phi) is 94.7. The fourth-order valence-electron chi connectivity index (χ4n) is 0. The number of hydrogen-bond donors (Lipinski definition) is 8. The molecule has 0 saturated carbocycles. The minimum Gasteiger partial charge on any atom is -0.439 e. The molecular formula is H8O24S8Zn-8. The standard InChI is InChI=1S/8HO3S.Zn/c8*1-4(2)3;/h8*(H,1,2,3);/q8*-1;. The third-order valence-corrected chi connectivity index (χ3v) is 0. The van der Waals surface area contributed by atoms with E-state index in [9.17, 15) is 0 Å². The van der Waals surface area contributed by atoms with Crippen LogP contribution in [0.5, 0.6) is 0 Å². The van der Waals surface area contributed by atoms with Gasteiger partial charge >= 0.3 is 0 Å². The van der Waals surface area contributed by atoms with Gasteiger partial charge in [-0.05, 0) is 0 Å². The largest absolute Gasteiger partial charge is 0.439 e. The van der Waals surface area contributed by atoms with Crippen LogP contribution in [0.1, 0.15) is 0 Å². The van der Waals surface area contributed by atoms with Crippen LogP contribution in [0.15, 0.2) is 0 Å². The zero-order chi connectivity index (χ0) is 28.6. The quantitative estimate of drug-likeness (QED) is 0.0590. The molecule has 0 fully saturated rings. The molecule has 0 aliphatic rings. The van der Waals surface area contributed by atoms with Gasteiger partial charge in [-0.1, -0.05) is 0 Å². The molecule has 0 aliphatic carbocycles. The van der Waals surface area contributed by atoms with E-state index in [1.54, 1.807) is 0 Å². The molecule has 210 valence electrons. The van der Waals surface area contributed by atoms with Gasteiger partial charge in [0.2, 0.25) is 0 Å². The predicted octanol–water partition coefficient (Wildman–Crippen LogP) is -1.85. The second-order valence-corrected chi connectivity index (χ2v) is 5.21. The molecule has 0 aliphatic heterocycles. The smallest absolute Gasteiger partial charge is 0.0495 e. The molecule has 0 bridgehead atoms. The average Bonchev–Trinajstić information content (AvgIpc) is 2.30. The molecule has 8 N–H and O–H groups in total. The molecule has 0 aromatic rings. The Balaban J connectivity index is -0.0000000284. The van der Waals surface area contributed by atoms with E-state index >= 15 is 0 Å². The summed E-state index contributed by atoms with van der Waals surface area (Å²) in [7, 11) is -22.9. The SMILES string of the molecule is O=[S-](=O)O.O=[S-](=O)O.O=[S-](=O)O.O=[S-](=O)O.O=[S-](=O)O.O=[S-](=O)O.O=[S-](=O)O.O=[S-](=O)O.[Zn]. The van der Waals surface area contributed by atoms with Gasteiger partial charge in [-0.25, -0.2) is 0 Å². The second kappa shape index (κ2) is 53.3. The van der Waals surface area contributed by atoms with Gasteiger partial charge in [0, 0.05) is 107 Å². The van der Waals surface area contributed by atoms with E-state index in [4.69, 9.17) is 104 Å². The van der Waals surface area contributed by atoms with Crippen LogP contribution in [0.25, 0.3) is 0 Å². The molecule has 0 unspecified atom stereocenters. The topological polar surface area (TPSA) is 435 Å². The molecule has 0 radical (unpaired) electrons. The summed E-state index contributed by atoms with van der Waals surface area (Å²) in [4.78, 5) is 0. The molecule has 33 heteroatoms. The van der Waals surface area contributed by atoms with E-state index < -0.39 is 87.9 Å². The molecule has 0 aromatic carbocycles. The fourth-order valence-corrected chi connectivity index (χ4v) is 0. The Labute approximate surface area is 210 Å². The first kappa shape index (κ1) is 58.6. The summed E-state index contributed by atoms with van der Waals surface area (Å²) in [5, 5.41) is 0. The molecule has 33 heavy (non-hydrogen) atoms. The van der Waals surface area contributed by atoms with Gasteiger partial charge in [0.05, 0.1) is 0 Å². The zero-order valence-electron chi connectivity index (χ0n) is 14.1. The molecule has 24 nitrogen and oxygen atoms in total. The van der Waals surface area contributed by atoms with E-state index in [1.165, 1.54) is 0 Å². The van der Waals surface area contributed by atoms with E-state index in [1.807, 2.05) is 0 Å². The Morgan fingerprint density at radius 2 is 0.212 bits per heavy atom. The second-order valence-electron chi connectivity index (χ2n) is 1.74. The van der Waals surface area contributed by atoms with Crippen molar-refractivity contribution >= 4 is 87.9 Å². The molecule has 0 aromatic heterocycles. The summed E-state index contributed by atoms with van der Waals surface area (Å²) in [6.07, 6.45) is 0. The summed E-state index contributed by atoms with van der Waals surface area (Å²) >= 11 is 0. The van der Waals surface area contributed by atoms with E-state index in [2.05, 4.69) is 0 Å². The van der Waals surface area contributed by atoms with Gasteiger partial charge in [-0.15, -0.1) is 0 Å². The summed E-state index contributed by atoms with van der Waals surface area (Å²) < 4.78 is 193.